The molecular formula is C25H21N5O3S2. The Morgan fingerprint density at radius 2 is 1.83 bits per heavy atom. The quantitative estimate of drug-likeness (QED) is 0.232. The molecule has 0 atom stereocenters. The van der Waals surface area contributed by atoms with E-state index in [1.165, 1.54) is 11.8 Å². The number of carbonyl (C=O) groups excluding carboxylic acids is 2. The largest absolute Gasteiger partial charge is 0.457 e. The topological polar surface area (TPSA) is 98.5 Å². The fourth-order valence-corrected chi connectivity index (χ4v) is 5.32. The highest BCUT2D eigenvalue weighted by molar-refractivity contribution is 7.99. The lowest BCUT2D eigenvalue weighted by molar-refractivity contribution is -0.115. The number of thioether (sulfide) groups is 1. The van der Waals surface area contributed by atoms with Crippen molar-refractivity contribution >= 4 is 56.7 Å². The summed E-state index contributed by atoms with van der Waals surface area (Å²) in [6.45, 7) is 1.91. The highest BCUT2D eigenvalue weighted by Crippen LogP contribution is 2.26. The number of hydrogen-bond donors (Lipinski definition) is 1. The van der Waals surface area contributed by atoms with E-state index in [0.717, 1.165) is 38.6 Å². The molecule has 0 fully saturated rings. The van der Waals surface area contributed by atoms with Gasteiger partial charge in [-0.05, 0) is 36.1 Å². The van der Waals surface area contributed by atoms with Crippen LogP contribution < -0.4 is 5.32 Å². The number of esters is 1. The Balaban J connectivity index is 1.17. The van der Waals surface area contributed by atoms with Crippen molar-refractivity contribution in [3.05, 3.63) is 82.9 Å². The maximum atomic E-state index is 12.5. The lowest BCUT2D eigenvalue weighted by Gasteiger charge is -2.05. The average Bonchev–Trinajstić information content (AvgIpc) is 3.46. The van der Waals surface area contributed by atoms with E-state index in [0.29, 0.717) is 21.5 Å². The van der Waals surface area contributed by atoms with E-state index in [1.807, 2.05) is 71.1 Å². The summed E-state index contributed by atoms with van der Waals surface area (Å²) in [6.07, 6.45) is 0.261. The molecule has 1 N–H and O–H groups in total. The molecule has 1 amide bonds. The number of pyridine rings is 1. The van der Waals surface area contributed by atoms with Gasteiger partial charge in [-0.25, -0.2) is 9.78 Å². The van der Waals surface area contributed by atoms with Gasteiger partial charge in [0, 0.05) is 12.2 Å². The van der Waals surface area contributed by atoms with Crippen LogP contribution in [0.15, 0.2) is 71.9 Å². The van der Waals surface area contributed by atoms with Gasteiger partial charge in [-0.15, -0.1) is 10.2 Å². The van der Waals surface area contributed by atoms with Crippen molar-refractivity contribution in [1.29, 1.82) is 0 Å². The SMILES string of the molecule is Cc1nc(NC(=O)CCSc2nnc3ccc4ccccc4n23)sc1C(=O)OCc1ccccc1. The first-order valence-corrected chi connectivity index (χ1v) is 12.7. The van der Waals surface area contributed by atoms with Crippen LogP contribution in [0.1, 0.15) is 27.3 Å². The zero-order chi connectivity index (χ0) is 24.2. The van der Waals surface area contributed by atoms with Gasteiger partial charge in [0.25, 0.3) is 0 Å². The monoisotopic (exact) mass is 503 g/mol. The van der Waals surface area contributed by atoms with Crippen molar-refractivity contribution in [3.63, 3.8) is 0 Å². The molecule has 3 heterocycles. The zero-order valence-electron chi connectivity index (χ0n) is 18.8. The van der Waals surface area contributed by atoms with Crippen LogP contribution in [-0.4, -0.2) is 37.2 Å². The van der Waals surface area contributed by atoms with Gasteiger partial charge in [0.1, 0.15) is 11.5 Å². The molecular weight excluding hydrogens is 482 g/mol. The van der Waals surface area contributed by atoms with Crippen molar-refractivity contribution in [1.82, 2.24) is 19.6 Å². The van der Waals surface area contributed by atoms with Gasteiger partial charge in [0.15, 0.2) is 15.9 Å². The minimum Gasteiger partial charge on any atom is -0.457 e. The number of carbonyl (C=O) groups is 2. The second-order valence-electron chi connectivity index (χ2n) is 7.71. The van der Waals surface area contributed by atoms with E-state index in [9.17, 15) is 9.59 Å². The number of aryl methyl sites for hydroxylation is 1. The van der Waals surface area contributed by atoms with E-state index in [2.05, 4.69) is 20.5 Å². The summed E-state index contributed by atoms with van der Waals surface area (Å²) >= 11 is 2.58. The molecule has 2 aromatic carbocycles. The van der Waals surface area contributed by atoms with Crippen molar-refractivity contribution in [2.45, 2.75) is 25.1 Å². The van der Waals surface area contributed by atoms with Crippen molar-refractivity contribution < 1.29 is 14.3 Å². The second kappa shape index (κ2) is 10.2. The van der Waals surface area contributed by atoms with Crippen molar-refractivity contribution in [3.8, 4) is 0 Å². The van der Waals surface area contributed by atoms with E-state index >= 15 is 0 Å². The third-order valence-electron chi connectivity index (χ3n) is 5.25. The van der Waals surface area contributed by atoms with Gasteiger partial charge in [0.05, 0.1) is 11.2 Å². The molecule has 0 unspecified atom stereocenters. The third kappa shape index (κ3) is 5.18. The van der Waals surface area contributed by atoms with E-state index in [1.54, 1.807) is 6.92 Å². The smallest absolute Gasteiger partial charge is 0.350 e. The van der Waals surface area contributed by atoms with Gasteiger partial charge in [-0.2, -0.15) is 0 Å². The molecule has 0 aliphatic rings. The predicted octanol–water partition coefficient (Wildman–Crippen LogP) is 5.13. The summed E-state index contributed by atoms with van der Waals surface area (Å²) in [4.78, 5) is 29.7. The minimum atomic E-state index is -0.453. The van der Waals surface area contributed by atoms with Crippen LogP contribution in [0.4, 0.5) is 5.13 Å². The maximum absolute atomic E-state index is 12.5. The van der Waals surface area contributed by atoms with E-state index < -0.39 is 5.97 Å². The Kier molecular flexibility index (Phi) is 6.73. The molecule has 3 aromatic heterocycles. The number of thiazole rings is 1. The van der Waals surface area contributed by atoms with E-state index in [4.69, 9.17) is 4.74 Å². The molecule has 0 radical (unpaired) electrons. The van der Waals surface area contributed by atoms with Crippen LogP contribution in [0.5, 0.6) is 0 Å². The predicted molar refractivity (Wildman–Crippen MR) is 137 cm³/mol. The Morgan fingerprint density at radius 3 is 2.69 bits per heavy atom. The zero-order valence-corrected chi connectivity index (χ0v) is 20.4. The first kappa shape index (κ1) is 23.0. The van der Waals surface area contributed by atoms with Crippen LogP contribution >= 0.6 is 23.1 Å². The minimum absolute atomic E-state index is 0.183. The first-order chi connectivity index (χ1) is 17.1. The Morgan fingerprint density at radius 1 is 1.03 bits per heavy atom. The number of benzene rings is 2. The van der Waals surface area contributed by atoms with Crippen LogP contribution in [0.3, 0.4) is 0 Å². The lowest BCUT2D eigenvalue weighted by Crippen LogP contribution is -2.12. The molecule has 10 heteroatoms. The van der Waals surface area contributed by atoms with Crippen molar-refractivity contribution in [2.75, 3.05) is 11.1 Å². The maximum Gasteiger partial charge on any atom is 0.350 e. The van der Waals surface area contributed by atoms with Gasteiger partial charge in [-0.3, -0.25) is 9.20 Å². The number of nitrogens with one attached hydrogen (secondary N) is 1. The number of rotatable bonds is 8. The highest BCUT2D eigenvalue weighted by atomic mass is 32.2. The van der Waals surface area contributed by atoms with Crippen LogP contribution in [-0.2, 0) is 16.1 Å². The Hall–Kier alpha value is -3.76. The van der Waals surface area contributed by atoms with Crippen LogP contribution in [0, 0.1) is 6.92 Å². The van der Waals surface area contributed by atoms with Gasteiger partial charge < -0.3 is 10.1 Å². The Labute approximate surface area is 209 Å². The number of fused-ring (bicyclic) bond motifs is 3. The van der Waals surface area contributed by atoms with Gasteiger partial charge in [0.2, 0.25) is 5.91 Å². The number of para-hydroxylation sites is 1. The Bertz CT molecular complexity index is 1510. The first-order valence-electron chi connectivity index (χ1n) is 10.9. The van der Waals surface area contributed by atoms with Gasteiger partial charge >= 0.3 is 5.97 Å². The molecule has 0 saturated heterocycles. The third-order valence-corrected chi connectivity index (χ3v) is 7.23. The molecule has 0 saturated carbocycles. The standard InChI is InChI=1S/C25H21N5O3S2/c1-16-22(23(32)33-15-17-7-3-2-4-8-17)35-24(26-16)27-21(31)13-14-34-25-29-28-20-12-11-18-9-5-6-10-19(18)30(20)25/h2-12H,13-15H2,1H3,(H,26,27,31). The average molecular weight is 504 g/mol. The van der Waals surface area contributed by atoms with Crippen LogP contribution in [0.25, 0.3) is 16.6 Å². The summed E-state index contributed by atoms with van der Waals surface area (Å²) in [5.74, 6) is -0.119. The molecule has 0 aliphatic heterocycles. The fraction of sp³-hybridized carbons (Fsp3) is 0.160. The van der Waals surface area contributed by atoms with Crippen LogP contribution in [0.2, 0.25) is 0 Å². The molecule has 5 aromatic rings. The van der Waals surface area contributed by atoms with E-state index in [-0.39, 0.29) is 18.9 Å². The van der Waals surface area contributed by atoms with Gasteiger partial charge in [-0.1, -0.05) is 71.6 Å². The molecule has 8 nitrogen and oxygen atoms in total. The molecule has 5 rings (SSSR count). The molecule has 35 heavy (non-hydrogen) atoms. The molecule has 0 aliphatic carbocycles. The summed E-state index contributed by atoms with van der Waals surface area (Å²) in [7, 11) is 0. The summed E-state index contributed by atoms with van der Waals surface area (Å²) in [6, 6.07) is 21.4. The number of aromatic nitrogens is 4. The number of amides is 1. The number of ether oxygens (including phenoxy) is 1. The normalized spacial score (nSPS) is 11.1. The number of hydrogen-bond acceptors (Lipinski definition) is 8. The summed E-state index contributed by atoms with van der Waals surface area (Å²) in [5, 5.41) is 13.5. The highest BCUT2D eigenvalue weighted by Gasteiger charge is 2.18. The number of anilines is 1. The molecule has 0 bridgehead atoms. The molecule has 176 valence electrons. The fourth-order valence-electron chi connectivity index (χ4n) is 3.55. The molecule has 0 spiro atoms. The number of nitrogens with zero attached hydrogens (tertiary/aromatic N) is 4. The second-order valence-corrected chi connectivity index (χ2v) is 9.77. The summed E-state index contributed by atoms with van der Waals surface area (Å²) < 4.78 is 7.38. The lowest BCUT2D eigenvalue weighted by atomic mass is 10.2. The van der Waals surface area contributed by atoms with Crippen molar-refractivity contribution in [2.24, 2.45) is 0 Å². The summed E-state index contributed by atoms with van der Waals surface area (Å²) in [5.41, 5.74) is 3.22.